The smallest absolute Gasteiger partial charge is 0.153 e. The molecule has 1 aromatic heterocycles. The molecule has 2 rings (SSSR count). The first-order chi connectivity index (χ1) is 6.68. The molecule has 0 fully saturated rings. The van der Waals surface area contributed by atoms with E-state index in [2.05, 4.69) is 9.97 Å². The van der Waals surface area contributed by atoms with E-state index in [9.17, 15) is 4.39 Å². The number of benzene rings is 1. The second kappa shape index (κ2) is 4.22. The number of halogens is 1. The molecule has 3 heteroatoms. The van der Waals surface area contributed by atoms with Crippen LogP contribution in [0.2, 0.25) is 0 Å². The Morgan fingerprint density at radius 3 is 2.50 bits per heavy atom. The molecule has 2 aromatic rings. The maximum absolute atomic E-state index is 13.3. The van der Waals surface area contributed by atoms with Gasteiger partial charge >= 0.3 is 0 Å². The van der Waals surface area contributed by atoms with Gasteiger partial charge in [0, 0.05) is 0 Å². The van der Waals surface area contributed by atoms with Gasteiger partial charge in [-0.05, 0) is 25.5 Å². The van der Waals surface area contributed by atoms with Gasteiger partial charge in [-0.25, -0.2) is 9.37 Å². The first-order valence-corrected chi connectivity index (χ1v) is 4.80. The minimum Gasteiger partial charge on any atom is -0.342 e. The number of fused-ring (bicyclic) bond motifs is 1. The zero-order valence-electron chi connectivity index (χ0n) is 8.98. The first kappa shape index (κ1) is 10.7. The summed E-state index contributed by atoms with van der Waals surface area (Å²) < 4.78 is 13.3. The van der Waals surface area contributed by atoms with E-state index < -0.39 is 0 Å². The van der Waals surface area contributed by atoms with Gasteiger partial charge in [-0.2, -0.15) is 0 Å². The molecule has 14 heavy (non-hydrogen) atoms. The van der Waals surface area contributed by atoms with Crippen molar-refractivity contribution in [2.24, 2.45) is 0 Å². The summed E-state index contributed by atoms with van der Waals surface area (Å²) in [5.74, 6) is 0.520. The fourth-order valence-electron chi connectivity index (χ4n) is 1.27. The Labute approximate surface area is 83.2 Å². The molecule has 1 aromatic carbocycles. The van der Waals surface area contributed by atoms with Crippen molar-refractivity contribution in [3.63, 3.8) is 0 Å². The van der Waals surface area contributed by atoms with E-state index in [0.29, 0.717) is 11.1 Å². The van der Waals surface area contributed by atoms with E-state index in [1.807, 2.05) is 26.8 Å². The van der Waals surface area contributed by atoms with Crippen LogP contribution in [-0.2, 0) is 0 Å². The van der Waals surface area contributed by atoms with Crippen LogP contribution in [0.15, 0.2) is 12.1 Å². The van der Waals surface area contributed by atoms with Crippen molar-refractivity contribution in [2.45, 2.75) is 27.7 Å². The molecule has 0 saturated heterocycles. The van der Waals surface area contributed by atoms with Crippen molar-refractivity contribution in [1.29, 1.82) is 0 Å². The molecule has 0 unspecified atom stereocenters. The number of hydrogen-bond acceptors (Lipinski definition) is 1. The quantitative estimate of drug-likeness (QED) is 0.684. The van der Waals surface area contributed by atoms with Crippen molar-refractivity contribution < 1.29 is 4.39 Å². The van der Waals surface area contributed by atoms with Gasteiger partial charge in [0.1, 0.15) is 11.3 Å². The Balaban J connectivity index is 0.000000461. The van der Waals surface area contributed by atoms with Crippen molar-refractivity contribution in [2.75, 3.05) is 0 Å². The van der Waals surface area contributed by atoms with E-state index in [1.54, 1.807) is 13.0 Å². The van der Waals surface area contributed by atoms with Crippen LogP contribution in [0.5, 0.6) is 0 Å². The second-order valence-electron chi connectivity index (χ2n) is 2.91. The normalized spacial score (nSPS) is 9.79. The summed E-state index contributed by atoms with van der Waals surface area (Å²) in [5, 5.41) is 0. The van der Waals surface area contributed by atoms with Gasteiger partial charge in [0.15, 0.2) is 5.82 Å². The number of nitrogens with zero attached hydrogens (tertiary/aromatic N) is 1. The Kier molecular flexibility index (Phi) is 3.23. The summed E-state index contributed by atoms with van der Waals surface area (Å²) in [6, 6.07) is 3.59. The maximum atomic E-state index is 13.3. The molecule has 0 saturated carbocycles. The SMILES string of the molecule is CC.Cc1nc2c(F)c(C)ccc2[nH]1. The Morgan fingerprint density at radius 2 is 1.86 bits per heavy atom. The summed E-state index contributed by atoms with van der Waals surface area (Å²) in [4.78, 5) is 7.02. The third-order valence-corrected chi connectivity index (χ3v) is 1.90. The molecular weight excluding hydrogens is 179 g/mol. The molecule has 76 valence electrons. The average molecular weight is 194 g/mol. The summed E-state index contributed by atoms with van der Waals surface area (Å²) in [6.07, 6.45) is 0. The Hall–Kier alpha value is -1.38. The molecule has 0 amide bonds. The van der Waals surface area contributed by atoms with Gasteiger partial charge in [-0.1, -0.05) is 19.9 Å². The molecule has 0 radical (unpaired) electrons. The Morgan fingerprint density at radius 1 is 1.21 bits per heavy atom. The average Bonchev–Trinajstić information content (AvgIpc) is 2.57. The standard InChI is InChI=1S/C9H9FN2.C2H6/c1-5-3-4-7-9(8(5)10)12-6(2)11-7;1-2/h3-4H,1-2H3,(H,11,12);1-2H3. The van der Waals surface area contributed by atoms with Crippen LogP contribution in [-0.4, -0.2) is 9.97 Å². The van der Waals surface area contributed by atoms with E-state index in [0.717, 1.165) is 11.3 Å². The predicted molar refractivity (Wildman–Crippen MR) is 56.9 cm³/mol. The van der Waals surface area contributed by atoms with E-state index >= 15 is 0 Å². The van der Waals surface area contributed by atoms with Crippen LogP contribution in [0, 0.1) is 19.7 Å². The van der Waals surface area contributed by atoms with Crippen LogP contribution in [0.4, 0.5) is 4.39 Å². The third-order valence-electron chi connectivity index (χ3n) is 1.90. The van der Waals surface area contributed by atoms with Gasteiger partial charge in [0.2, 0.25) is 0 Å². The van der Waals surface area contributed by atoms with Crippen molar-refractivity contribution in [3.05, 3.63) is 29.3 Å². The van der Waals surface area contributed by atoms with Gasteiger partial charge in [-0.3, -0.25) is 0 Å². The van der Waals surface area contributed by atoms with Gasteiger partial charge in [0.05, 0.1) is 5.52 Å². The van der Waals surface area contributed by atoms with Gasteiger partial charge < -0.3 is 4.98 Å². The molecule has 0 aliphatic carbocycles. The lowest BCUT2D eigenvalue weighted by Crippen LogP contribution is -1.83. The van der Waals surface area contributed by atoms with Crippen LogP contribution >= 0.6 is 0 Å². The number of aryl methyl sites for hydroxylation is 2. The maximum Gasteiger partial charge on any atom is 0.153 e. The van der Waals surface area contributed by atoms with Crippen molar-refractivity contribution in [3.8, 4) is 0 Å². The van der Waals surface area contributed by atoms with Crippen LogP contribution in [0.25, 0.3) is 11.0 Å². The minimum absolute atomic E-state index is 0.225. The lowest BCUT2D eigenvalue weighted by molar-refractivity contribution is 0.628. The molecule has 0 aliphatic rings. The number of aromatic nitrogens is 2. The van der Waals surface area contributed by atoms with E-state index in [1.165, 1.54) is 0 Å². The predicted octanol–water partition coefficient (Wildman–Crippen LogP) is 3.35. The van der Waals surface area contributed by atoms with Gasteiger partial charge in [0.25, 0.3) is 0 Å². The van der Waals surface area contributed by atoms with Crippen LogP contribution in [0.1, 0.15) is 25.2 Å². The number of H-pyrrole nitrogens is 1. The zero-order chi connectivity index (χ0) is 10.7. The first-order valence-electron chi connectivity index (χ1n) is 4.80. The number of nitrogens with one attached hydrogen (secondary N) is 1. The summed E-state index contributed by atoms with van der Waals surface area (Å²) >= 11 is 0. The Bertz CT molecular complexity index is 432. The van der Waals surface area contributed by atoms with E-state index in [4.69, 9.17) is 0 Å². The monoisotopic (exact) mass is 194 g/mol. The molecule has 1 heterocycles. The van der Waals surface area contributed by atoms with Crippen LogP contribution in [0.3, 0.4) is 0 Å². The zero-order valence-corrected chi connectivity index (χ0v) is 8.98. The number of imidazole rings is 1. The lowest BCUT2D eigenvalue weighted by Gasteiger charge is -1.94. The second-order valence-corrected chi connectivity index (χ2v) is 2.91. The molecule has 2 nitrogen and oxygen atoms in total. The summed E-state index contributed by atoms with van der Waals surface area (Å²) in [5.41, 5.74) is 1.83. The minimum atomic E-state index is -0.225. The molecular formula is C11H15FN2. The topological polar surface area (TPSA) is 28.7 Å². The van der Waals surface area contributed by atoms with Crippen molar-refractivity contribution >= 4 is 11.0 Å². The molecule has 0 aliphatic heterocycles. The number of aromatic amines is 1. The van der Waals surface area contributed by atoms with Crippen LogP contribution < -0.4 is 0 Å². The summed E-state index contributed by atoms with van der Waals surface area (Å²) in [7, 11) is 0. The summed E-state index contributed by atoms with van der Waals surface area (Å²) in [6.45, 7) is 7.55. The highest BCUT2D eigenvalue weighted by atomic mass is 19.1. The van der Waals surface area contributed by atoms with Crippen molar-refractivity contribution in [1.82, 2.24) is 9.97 Å². The highest BCUT2D eigenvalue weighted by Gasteiger charge is 2.06. The highest BCUT2D eigenvalue weighted by molar-refractivity contribution is 5.76. The number of hydrogen-bond donors (Lipinski definition) is 1. The number of rotatable bonds is 0. The lowest BCUT2D eigenvalue weighted by atomic mass is 10.2. The van der Waals surface area contributed by atoms with Gasteiger partial charge in [-0.15, -0.1) is 0 Å². The molecule has 0 spiro atoms. The molecule has 0 atom stereocenters. The fraction of sp³-hybridized carbons (Fsp3) is 0.364. The fourth-order valence-corrected chi connectivity index (χ4v) is 1.27. The van der Waals surface area contributed by atoms with E-state index in [-0.39, 0.29) is 5.82 Å². The highest BCUT2D eigenvalue weighted by Crippen LogP contribution is 2.17. The molecule has 1 N–H and O–H groups in total. The molecule has 0 bridgehead atoms. The largest absolute Gasteiger partial charge is 0.342 e. The third kappa shape index (κ3) is 1.76.